The number of fused-ring (bicyclic) bond motifs is 2. The van der Waals surface area contributed by atoms with Crippen LogP contribution in [0.4, 0.5) is 11.5 Å². The van der Waals surface area contributed by atoms with Gasteiger partial charge in [-0.15, -0.1) is 0 Å². The molecule has 5 nitrogen and oxygen atoms in total. The average molecular weight is 265 g/mol. The molecule has 3 aromatic rings. The van der Waals surface area contributed by atoms with Crippen LogP contribution in [0, 0.1) is 6.92 Å². The van der Waals surface area contributed by atoms with Crippen LogP contribution < -0.4 is 4.90 Å². The third-order valence-corrected chi connectivity index (χ3v) is 3.82. The number of aromatic nitrogens is 4. The maximum absolute atomic E-state index is 4.41. The Kier molecular flexibility index (Phi) is 2.30. The predicted octanol–water partition coefficient (Wildman–Crippen LogP) is 2.52. The summed E-state index contributed by atoms with van der Waals surface area (Å²) in [5, 5.41) is 4.31. The largest absolute Gasteiger partial charge is 0.323 e. The Morgan fingerprint density at radius 2 is 2.10 bits per heavy atom. The fourth-order valence-corrected chi connectivity index (χ4v) is 3.00. The second-order valence-electron chi connectivity index (χ2n) is 5.28. The molecule has 3 heterocycles. The smallest absolute Gasteiger partial charge is 0.254 e. The number of hydrogen-bond acceptors (Lipinski definition) is 4. The van der Waals surface area contributed by atoms with E-state index in [1.165, 1.54) is 11.3 Å². The second-order valence-corrected chi connectivity index (χ2v) is 5.28. The molecule has 0 spiro atoms. The molecule has 0 fully saturated rings. The van der Waals surface area contributed by atoms with E-state index in [0.717, 1.165) is 17.9 Å². The minimum atomic E-state index is 0.404. The van der Waals surface area contributed by atoms with Gasteiger partial charge in [-0.3, -0.25) is 0 Å². The zero-order valence-corrected chi connectivity index (χ0v) is 11.5. The average Bonchev–Trinajstić information content (AvgIpc) is 3.00. The van der Waals surface area contributed by atoms with Crippen molar-refractivity contribution in [1.29, 1.82) is 0 Å². The van der Waals surface area contributed by atoms with Gasteiger partial charge < -0.3 is 4.90 Å². The highest BCUT2D eigenvalue weighted by atomic mass is 15.4. The first kappa shape index (κ1) is 11.4. The lowest BCUT2D eigenvalue weighted by atomic mass is 10.1. The first-order valence-electron chi connectivity index (χ1n) is 6.78. The van der Waals surface area contributed by atoms with E-state index in [0.29, 0.717) is 11.8 Å². The number of nitrogens with zero attached hydrogens (tertiary/aromatic N) is 5. The molecule has 100 valence electrons. The van der Waals surface area contributed by atoms with Gasteiger partial charge in [0.15, 0.2) is 0 Å². The lowest BCUT2D eigenvalue weighted by molar-refractivity contribution is 0.733. The van der Waals surface area contributed by atoms with Crippen molar-refractivity contribution in [3.63, 3.8) is 0 Å². The molecular formula is C15H15N5. The van der Waals surface area contributed by atoms with Gasteiger partial charge in [-0.2, -0.15) is 14.6 Å². The van der Waals surface area contributed by atoms with Gasteiger partial charge in [-0.25, -0.2) is 4.98 Å². The number of rotatable bonds is 1. The number of anilines is 2. The molecule has 1 atom stereocenters. The molecule has 1 aliphatic heterocycles. The molecule has 1 aromatic carbocycles. The van der Waals surface area contributed by atoms with Crippen molar-refractivity contribution in [2.45, 2.75) is 26.3 Å². The van der Waals surface area contributed by atoms with Crippen molar-refractivity contribution in [1.82, 2.24) is 19.6 Å². The summed E-state index contributed by atoms with van der Waals surface area (Å²) in [7, 11) is 0. The fraction of sp³-hybridized carbons (Fsp3) is 0.267. The van der Waals surface area contributed by atoms with Crippen LogP contribution >= 0.6 is 0 Å². The van der Waals surface area contributed by atoms with Crippen LogP contribution in [0.15, 0.2) is 36.7 Å². The third-order valence-electron chi connectivity index (χ3n) is 3.82. The minimum Gasteiger partial charge on any atom is -0.323 e. The van der Waals surface area contributed by atoms with Gasteiger partial charge in [-0.05, 0) is 31.9 Å². The van der Waals surface area contributed by atoms with E-state index < -0.39 is 0 Å². The van der Waals surface area contributed by atoms with Crippen LogP contribution in [0.1, 0.15) is 18.2 Å². The number of hydrogen-bond donors (Lipinski definition) is 0. The van der Waals surface area contributed by atoms with Crippen LogP contribution in [0.25, 0.3) is 5.78 Å². The molecular weight excluding hydrogens is 250 g/mol. The molecule has 0 radical (unpaired) electrons. The molecule has 0 N–H and O–H groups in total. The van der Waals surface area contributed by atoms with E-state index in [4.69, 9.17) is 0 Å². The van der Waals surface area contributed by atoms with Gasteiger partial charge in [0.1, 0.15) is 12.1 Å². The van der Waals surface area contributed by atoms with Crippen LogP contribution in [-0.2, 0) is 6.42 Å². The highest BCUT2D eigenvalue weighted by molar-refractivity contribution is 5.70. The molecule has 0 saturated heterocycles. The zero-order chi connectivity index (χ0) is 13.7. The molecule has 0 amide bonds. The van der Waals surface area contributed by atoms with Crippen LogP contribution in [0.5, 0.6) is 0 Å². The van der Waals surface area contributed by atoms with Crippen LogP contribution in [0.3, 0.4) is 0 Å². The van der Waals surface area contributed by atoms with Gasteiger partial charge >= 0.3 is 0 Å². The summed E-state index contributed by atoms with van der Waals surface area (Å²) in [6, 6.07) is 11.0. The van der Waals surface area contributed by atoms with Gasteiger partial charge in [0.2, 0.25) is 0 Å². The third kappa shape index (κ3) is 1.52. The lowest BCUT2D eigenvalue weighted by Crippen LogP contribution is -2.26. The first-order valence-corrected chi connectivity index (χ1v) is 6.78. The Bertz CT molecular complexity index is 792. The molecule has 0 unspecified atom stereocenters. The van der Waals surface area contributed by atoms with E-state index in [-0.39, 0.29) is 0 Å². The van der Waals surface area contributed by atoms with E-state index in [2.05, 4.69) is 57.2 Å². The topological polar surface area (TPSA) is 46.3 Å². The Labute approximate surface area is 116 Å². The van der Waals surface area contributed by atoms with Crippen molar-refractivity contribution in [2.75, 3.05) is 4.90 Å². The SMILES string of the molecule is Cc1cc(N2c3ccccc3C[C@@H]2C)n2ncnc2n1. The normalized spacial score (nSPS) is 17.7. The van der Waals surface area contributed by atoms with Crippen molar-refractivity contribution in [2.24, 2.45) is 0 Å². The zero-order valence-electron chi connectivity index (χ0n) is 11.5. The molecule has 20 heavy (non-hydrogen) atoms. The maximum atomic E-state index is 4.41. The summed E-state index contributed by atoms with van der Waals surface area (Å²) in [6.45, 7) is 4.23. The van der Waals surface area contributed by atoms with Crippen molar-refractivity contribution < 1.29 is 0 Å². The van der Waals surface area contributed by atoms with Crippen molar-refractivity contribution in [3.05, 3.63) is 47.9 Å². The Morgan fingerprint density at radius 3 is 3.00 bits per heavy atom. The minimum absolute atomic E-state index is 0.404. The summed E-state index contributed by atoms with van der Waals surface area (Å²) in [5.74, 6) is 1.68. The van der Waals surface area contributed by atoms with Gasteiger partial charge in [0.25, 0.3) is 5.78 Å². The Balaban J connectivity index is 1.97. The molecule has 0 bridgehead atoms. The highest BCUT2D eigenvalue weighted by Gasteiger charge is 2.28. The van der Waals surface area contributed by atoms with Crippen molar-refractivity contribution >= 4 is 17.3 Å². The molecule has 5 heteroatoms. The number of para-hydroxylation sites is 1. The molecule has 2 aromatic heterocycles. The quantitative estimate of drug-likeness (QED) is 0.678. The molecule has 0 saturated carbocycles. The van der Waals surface area contributed by atoms with E-state index in [1.54, 1.807) is 6.33 Å². The molecule has 4 rings (SSSR count). The molecule has 1 aliphatic rings. The summed E-state index contributed by atoms with van der Waals surface area (Å²) < 4.78 is 1.81. The van der Waals surface area contributed by atoms with Crippen LogP contribution in [0.2, 0.25) is 0 Å². The Hall–Kier alpha value is -2.43. The number of benzene rings is 1. The second kappa shape index (κ2) is 4.03. The summed E-state index contributed by atoms with van der Waals surface area (Å²) in [5.41, 5.74) is 3.59. The summed E-state index contributed by atoms with van der Waals surface area (Å²) >= 11 is 0. The van der Waals surface area contributed by atoms with E-state index in [1.807, 2.05) is 11.4 Å². The highest BCUT2D eigenvalue weighted by Crippen LogP contribution is 2.37. The van der Waals surface area contributed by atoms with Gasteiger partial charge in [0, 0.05) is 23.5 Å². The van der Waals surface area contributed by atoms with Crippen molar-refractivity contribution in [3.8, 4) is 0 Å². The fourth-order valence-electron chi connectivity index (χ4n) is 3.00. The predicted molar refractivity (Wildman–Crippen MR) is 77.3 cm³/mol. The van der Waals surface area contributed by atoms with E-state index in [9.17, 15) is 0 Å². The standard InChI is InChI=1S/C15H15N5/c1-10-7-14(20-15(18-10)16-9-17-20)19-11(2)8-12-5-3-4-6-13(12)19/h3-7,9,11H,8H2,1-2H3/t11-/m0/s1. The lowest BCUT2D eigenvalue weighted by Gasteiger charge is -2.25. The summed E-state index contributed by atoms with van der Waals surface area (Å²) in [4.78, 5) is 10.9. The van der Waals surface area contributed by atoms with E-state index >= 15 is 0 Å². The van der Waals surface area contributed by atoms with Gasteiger partial charge in [-0.1, -0.05) is 18.2 Å². The molecule has 0 aliphatic carbocycles. The van der Waals surface area contributed by atoms with Gasteiger partial charge in [0.05, 0.1) is 0 Å². The van der Waals surface area contributed by atoms with Crippen LogP contribution in [-0.4, -0.2) is 25.6 Å². The number of aryl methyl sites for hydroxylation is 1. The Morgan fingerprint density at radius 1 is 1.25 bits per heavy atom. The first-order chi connectivity index (χ1) is 9.74. The maximum Gasteiger partial charge on any atom is 0.254 e. The monoisotopic (exact) mass is 265 g/mol. The summed E-state index contributed by atoms with van der Waals surface area (Å²) in [6.07, 6.45) is 2.60.